The molecule has 1 fully saturated rings. The van der Waals surface area contributed by atoms with Gasteiger partial charge in [0.1, 0.15) is 19.6 Å². The van der Waals surface area contributed by atoms with Crippen LogP contribution < -0.4 is 24.0 Å². The smallest absolute Gasteiger partial charge is 0.306 e. The minimum absolute atomic E-state index is 0. The summed E-state index contributed by atoms with van der Waals surface area (Å²) in [6.45, 7) is 7.40. The van der Waals surface area contributed by atoms with Crippen LogP contribution in [0.1, 0.15) is 57.4 Å². The number of hydrogen-bond acceptors (Lipinski definition) is 4. The van der Waals surface area contributed by atoms with Crippen LogP contribution in [0.25, 0.3) is 0 Å². The zero-order valence-electron chi connectivity index (χ0n) is 18.8. The molecule has 2 rings (SSSR count). The minimum atomic E-state index is -0.214. The van der Waals surface area contributed by atoms with Crippen LogP contribution in [0.2, 0.25) is 0 Å². The van der Waals surface area contributed by atoms with E-state index in [9.17, 15) is 4.79 Å². The lowest BCUT2D eigenvalue weighted by Crippen LogP contribution is -3.00. The Bertz CT molecular complexity index is 564. The molecule has 1 aliphatic heterocycles. The van der Waals surface area contributed by atoms with E-state index in [1.54, 1.807) is 0 Å². The van der Waals surface area contributed by atoms with E-state index < -0.39 is 0 Å². The number of rotatable bonds is 14. The maximum absolute atomic E-state index is 12.4. The number of unbranched alkanes of at least 4 members (excludes halogenated alkanes) is 5. The third-order valence-electron chi connectivity index (χ3n) is 5.64. The van der Waals surface area contributed by atoms with Gasteiger partial charge in [-0.05, 0) is 12.0 Å². The Morgan fingerprint density at radius 2 is 1.73 bits per heavy atom. The van der Waals surface area contributed by atoms with E-state index in [0.717, 1.165) is 55.7 Å². The fourth-order valence-electron chi connectivity index (χ4n) is 3.76. The highest BCUT2D eigenvalue weighted by atomic mass is 127. The summed E-state index contributed by atoms with van der Waals surface area (Å²) in [7, 11) is 2.22. The van der Waals surface area contributed by atoms with E-state index >= 15 is 0 Å². The first-order valence-electron chi connectivity index (χ1n) is 11.3. The molecule has 0 aliphatic carbocycles. The molecule has 0 bridgehead atoms. The van der Waals surface area contributed by atoms with Crippen LogP contribution in [0.15, 0.2) is 30.3 Å². The van der Waals surface area contributed by atoms with Crippen molar-refractivity contribution in [1.82, 2.24) is 0 Å². The first kappa shape index (κ1) is 27.3. The fraction of sp³-hybridized carbons (Fsp3) is 0.708. The third kappa shape index (κ3) is 11.6. The maximum atomic E-state index is 12.4. The number of morpholine rings is 1. The van der Waals surface area contributed by atoms with Gasteiger partial charge in [0, 0.05) is 6.42 Å². The Hall–Kier alpha value is -0.700. The molecule has 6 heteroatoms. The van der Waals surface area contributed by atoms with Gasteiger partial charge in [-0.2, -0.15) is 0 Å². The Morgan fingerprint density at radius 1 is 1.07 bits per heavy atom. The zero-order chi connectivity index (χ0) is 20.8. The molecular formula is C24H40INO4. The SMILES string of the molecule is CCCCCCCCC(=O)OC(COCc1ccccc1)C[N+]1(C)CCOCC1.[I-]. The molecule has 0 saturated carbocycles. The molecule has 0 aromatic heterocycles. The number of carbonyl (C=O) groups is 1. The van der Waals surface area contributed by atoms with Crippen LogP contribution in [-0.2, 0) is 25.6 Å². The zero-order valence-corrected chi connectivity index (χ0v) is 21.0. The van der Waals surface area contributed by atoms with E-state index in [-0.39, 0.29) is 36.0 Å². The second-order valence-electron chi connectivity index (χ2n) is 8.49. The van der Waals surface area contributed by atoms with Crippen LogP contribution in [0.3, 0.4) is 0 Å². The van der Waals surface area contributed by atoms with Gasteiger partial charge in [0.2, 0.25) is 0 Å². The summed E-state index contributed by atoms with van der Waals surface area (Å²) in [6, 6.07) is 10.1. The summed E-state index contributed by atoms with van der Waals surface area (Å²) in [5, 5.41) is 0. The lowest BCUT2D eigenvalue weighted by molar-refractivity contribution is -0.919. The first-order valence-corrected chi connectivity index (χ1v) is 11.3. The average molecular weight is 533 g/mol. The number of likely N-dealkylation sites (N-methyl/N-ethyl adjacent to an activating group) is 1. The number of nitrogens with zero attached hydrogens (tertiary/aromatic N) is 1. The summed E-state index contributed by atoms with van der Waals surface area (Å²) in [5.41, 5.74) is 1.14. The molecule has 0 radical (unpaired) electrons. The van der Waals surface area contributed by atoms with Crippen molar-refractivity contribution >= 4 is 5.97 Å². The van der Waals surface area contributed by atoms with E-state index in [4.69, 9.17) is 14.2 Å². The highest BCUT2D eigenvalue weighted by molar-refractivity contribution is 5.69. The summed E-state index contributed by atoms with van der Waals surface area (Å²) in [4.78, 5) is 12.4. The number of esters is 1. The molecule has 0 N–H and O–H groups in total. The molecule has 172 valence electrons. The monoisotopic (exact) mass is 533 g/mol. The number of hydrogen-bond donors (Lipinski definition) is 0. The highest BCUT2D eigenvalue weighted by Crippen LogP contribution is 2.14. The van der Waals surface area contributed by atoms with Gasteiger partial charge in [-0.3, -0.25) is 4.79 Å². The van der Waals surface area contributed by atoms with Crippen LogP contribution in [0, 0.1) is 0 Å². The molecule has 1 aromatic carbocycles. The van der Waals surface area contributed by atoms with Crippen LogP contribution in [0.5, 0.6) is 0 Å². The topological polar surface area (TPSA) is 44.8 Å². The van der Waals surface area contributed by atoms with Gasteiger partial charge >= 0.3 is 5.97 Å². The number of benzene rings is 1. The number of quaternary nitrogens is 1. The first-order chi connectivity index (χ1) is 14.1. The summed E-state index contributed by atoms with van der Waals surface area (Å²) in [6.07, 6.45) is 7.32. The summed E-state index contributed by atoms with van der Waals surface area (Å²) >= 11 is 0. The van der Waals surface area contributed by atoms with Gasteiger partial charge in [-0.15, -0.1) is 0 Å². The summed E-state index contributed by atoms with van der Waals surface area (Å²) in [5.74, 6) is -0.0892. The second kappa shape index (κ2) is 16.0. The Labute approximate surface area is 200 Å². The van der Waals surface area contributed by atoms with Crippen molar-refractivity contribution in [3.8, 4) is 0 Å². The summed E-state index contributed by atoms with van der Waals surface area (Å²) < 4.78 is 18.2. The molecule has 5 nitrogen and oxygen atoms in total. The molecule has 0 spiro atoms. The van der Waals surface area contributed by atoms with Gasteiger partial charge in [-0.1, -0.05) is 69.4 Å². The quantitative estimate of drug-likeness (QED) is 0.157. The van der Waals surface area contributed by atoms with Crippen molar-refractivity contribution < 1.29 is 47.5 Å². The van der Waals surface area contributed by atoms with Crippen molar-refractivity contribution in [1.29, 1.82) is 0 Å². The lowest BCUT2D eigenvalue weighted by atomic mass is 10.1. The lowest BCUT2D eigenvalue weighted by Gasteiger charge is -2.39. The largest absolute Gasteiger partial charge is 1.00 e. The van der Waals surface area contributed by atoms with Gasteiger partial charge in [0.05, 0.1) is 33.5 Å². The van der Waals surface area contributed by atoms with Gasteiger partial charge in [0.25, 0.3) is 0 Å². The number of carbonyl (C=O) groups excluding carboxylic acids is 1. The van der Waals surface area contributed by atoms with Crippen LogP contribution in [-0.4, -0.2) is 63.1 Å². The standard InChI is InChI=1S/C24H40NO4.HI/c1-3-4-5-6-7-11-14-24(26)29-23(19-25(2)15-17-27-18-16-25)21-28-20-22-12-9-8-10-13-22;/h8-10,12-13,23H,3-7,11,14-21H2,1-2H3;1H/q+1;/p-1. The van der Waals surface area contributed by atoms with Crippen molar-refractivity contribution in [2.75, 3.05) is 46.5 Å². The molecule has 1 atom stereocenters. The highest BCUT2D eigenvalue weighted by Gasteiger charge is 2.31. The average Bonchev–Trinajstić information content (AvgIpc) is 2.71. The van der Waals surface area contributed by atoms with Crippen molar-refractivity contribution in [2.24, 2.45) is 0 Å². The fourth-order valence-corrected chi connectivity index (χ4v) is 3.76. The molecule has 1 aliphatic rings. The molecular weight excluding hydrogens is 493 g/mol. The Balaban J connectivity index is 0.00000450. The molecule has 1 heterocycles. The van der Waals surface area contributed by atoms with Gasteiger partial charge in [0.15, 0.2) is 6.10 Å². The van der Waals surface area contributed by atoms with Gasteiger partial charge < -0.3 is 42.7 Å². The number of halogens is 1. The van der Waals surface area contributed by atoms with Gasteiger partial charge in [-0.25, -0.2) is 0 Å². The predicted molar refractivity (Wildman–Crippen MR) is 116 cm³/mol. The van der Waals surface area contributed by atoms with Crippen molar-refractivity contribution in [2.45, 2.75) is 64.6 Å². The second-order valence-corrected chi connectivity index (χ2v) is 8.49. The minimum Gasteiger partial charge on any atom is -1.00 e. The van der Waals surface area contributed by atoms with E-state index in [1.165, 1.54) is 25.7 Å². The molecule has 0 amide bonds. The molecule has 1 saturated heterocycles. The predicted octanol–water partition coefficient (Wildman–Crippen LogP) is 1.35. The third-order valence-corrected chi connectivity index (χ3v) is 5.64. The van der Waals surface area contributed by atoms with Crippen LogP contribution >= 0.6 is 0 Å². The van der Waals surface area contributed by atoms with Crippen molar-refractivity contribution in [3.63, 3.8) is 0 Å². The maximum Gasteiger partial charge on any atom is 0.306 e. The van der Waals surface area contributed by atoms with E-state index in [1.807, 2.05) is 18.2 Å². The number of ether oxygens (including phenoxy) is 3. The molecule has 1 unspecified atom stereocenters. The van der Waals surface area contributed by atoms with Crippen LogP contribution in [0.4, 0.5) is 0 Å². The van der Waals surface area contributed by atoms with Crippen molar-refractivity contribution in [3.05, 3.63) is 35.9 Å². The van der Waals surface area contributed by atoms with E-state index in [0.29, 0.717) is 19.6 Å². The molecule has 30 heavy (non-hydrogen) atoms. The normalized spacial score (nSPS) is 16.5. The Morgan fingerprint density at radius 3 is 2.43 bits per heavy atom. The molecule has 1 aromatic rings. The van der Waals surface area contributed by atoms with E-state index in [2.05, 4.69) is 26.1 Å². The Kier molecular flexibility index (Phi) is 14.6.